The summed E-state index contributed by atoms with van der Waals surface area (Å²) in [5.41, 5.74) is 5.75. The third-order valence-electron chi connectivity index (χ3n) is 7.36. The van der Waals surface area contributed by atoms with Crippen LogP contribution in [0.15, 0.2) is 35.0 Å². The molecule has 0 spiro atoms. The number of allylic oxidation sites excluding steroid dienone is 2. The van der Waals surface area contributed by atoms with Crippen LogP contribution in [-0.4, -0.2) is 89.8 Å². The number of carbonyl (C=O) groups excluding carboxylic acids is 1. The maximum absolute atomic E-state index is 13.3. The van der Waals surface area contributed by atoms with Crippen LogP contribution in [0.5, 0.6) is 5.75 Å². The molecule has 178 valence electrons. The Bertz CT molecular complexity index is 1160. The molecule has 34 heavy (non-hydrogen) atoms. The number of rotatable bonds is 5. The average molecular weight is 462 g/mol. The Hall–Kier alpha value is -3.04. The fourth-order valence-electron chi connectivity index (χ4n) is 5.29. The summed E-state index contributed by atoms with van der Waals surface area (Å²) in [6.45, 7) is 7.38. The number of aromatic amines is 1. The third kappa shape index (κ3) is 4.14. The molecule has 0 bridgehead atoms. The number of nitrogens with zero attached hydrogens (tertiary/aromatic N) is 6. The second-order valence-electron chi connectivity index (χ2n) is 9.87. The van der Waals surface area contributed by atoms with Crippen molar-refractivity contribution in [3.05, 3.63) is 35.7 Å². The van der Waals surface area contributed by atoms with Crippen LogP contribution in [0.3, 0.4) is 0 Å². The molecule has 4 heterocycles. The van der Waals surface area contributed by atoms with Crippen LogP contribution in [0.25, 0.3) is 11.3 Å². The first kappa shape index (κ1) is 21.5. The number of benzene rings is 1. The number of likely N-dealkylation sites (N-methyl/N-ethyl adjacent to an activating group) is 1. The van der Waals surface area contributed by atoms with E-state index >= 15 is 0 Å². The molecule has 2 atom stereocenters. The molecule has 1 saturated carbocycles. The Kier molecular flexibility index (Phi) is 5.45. The zero-order valence-corrected chi connectivity index (χ0v) is 19.8. The minimum absolute atomic E-state index is 0.116. The summed E-state index contributed by atoms with van der Waals surface area (Å²) in [7, 11) is 2.12. The quantitative estimate of drug-likeness (QED) is 0.733. The first-order chi connectivity index (χ1) is 16.5. The molecule has 1 N–H and O–H groups in total. The molecule has 1 amide bonds. The fourth-order valence-corrected chi connectivity index (χ4v) is 5.29. The maximum atomic E-state index is 13.3. The topological polar surface area (TPSA) is 90.0 Å². The van der Waals surface area contributed by atoms with Crippen LogP contribution in [0.1, 0.15) is 19.0 Å². The van der Waals surface area contributed by atoms with Gasteiger partial charge in [-0.05, 0) is 44.5 Å². The highest BCUT2D eigenvalue weighted by Gasteiger charge is 2.41. The van der Waals surface area contributed by atoms with Crippen LogP contribution in [0, 0.1) is 11.8 Å². The van der Waals surface area contributed by atoms with Gasteiger partial charge in [-0.2, -0.15) is 15.4 Å². The number of piperazine rings is 1. The molecule has 2 unspecified atom stereocenters. The SMILES string of the molecule is CC1=CC2CC2C(Cc2n[nH]nc2-c2ccc3c(c2)N(C(=O)CN2CCN(C)CC2)CCO3)=N1. The Morgan fingerprint density at radius 1 is 1.18 bits per heavy atom. The molecule has 2 fully saturated rings. The van der Waals surface area contributed by atoms with Crippen molar-refractivity contribution in [3.63, 3.8) is 0 Å². The zero-order chi connectivity index (χ0) is 23.2. The predicted octanol–water partition coefficient (Wildman–Crippen LogP) is 1.98. The highest BCUT2D eigenvalue weighted by Crippen LogP contribution is 2.45. The molecule has 1 aliphatic carbocycles. The second kappa shape index (κ2) is 8.63. The molecule has 3 aliphatic heterocycles. The number of aliphatic imine (C=N–C) groups is 1. The van der Waals surface area contributed by atoms with Crippen LogP contribution < -0.4 is 9.64 Å². The van der Waals surface area contributed by atoms with Gasteiger partial charge in [0.1, 0.15) is 18.1 Å². The summed E-state index contributed by atoms with van der Waals surface area (Å²) in [4.78, 5) is 24.5. The van der Waals surface area contributed by atoms with Gasteiger partial charge in [-0.25, -0.2) is 0 Å². The number of fused-ring (bicyclic) bond motifs is 2. The molecule has 2 aromatic rings. The Morgan fingerprint density at radius 2 is 2.03 bits per heavy atom. The number of carbonyl (C=O) groups is 1. The molecule has 9 nitrogen and oxygen atoms in total. The molecule has 6 rings (SSSR count). The molecular formula is C25H31N7O2. The van der Waals surface area contributed by atoms with E-state index < -0.39 is 0 Å². The van der Waals surface area contributed by atoms with Crippen molar-refractivity contribution < 1.29 is 9.53 Å². The number of nitrogens with one attached hydrogen (secondary N) is 1. The molecule has 1 saturated heterocycles. The first-order valence-electron chi connectivity index (χ1n) is 12.2. The van der Waals surface area contributed by atoms with Crippen molar-refractivity contribution in [1.29, 1.82) is 0 Å². The Morgan fingerprint density at radius 3 is 2.88 bits per heavy atom. The first-order valence-corrected chi connectivity index (χ1v) is 12.2. The van der Waals surface area contributed by atoms with E-state index in [4.69, 9.17) is 9.73 Å². The van der Waals surface area contributed by atoms with Gasteiger partial charge in [-0.1, -0.05) is 6.08 Å². The van der Waals surface area contributed by atoms with Crippen molar-refractivity contribution >= 4 is 17.3 Å². The van der Waals surface area contributed by atoms with Gasteiger partial charge in [0.15, 0.2) is 0 Å². The highest BCUT2D eigenvalue weighted by molar-refractivity contribution is 5.98. The molecule has 0 radical (unpaired) electrons. The van der Waals surface area contributed by atoms with E-state index in [9.17, 15) is 4.79 Å². The molecular weight excluding hydrogens is 430 g/mol. The number of amides is 1. The summed E-state index contributed by atoms with van der Waals surface area (Å²) >= 11 is 0. The fraction of sp³-hybridized carbons (Fsp3) is 0.520. The maximum Gasteiger partial charge on any atom is 0.241 e. The monoisotopic (exact) mass is 461 g/mol. The summed E-state index contributed by atoms with van der Waals surface area (Å²) in [5, 5.41) is 11.7. The van der Waals surface area contributed by atoms with E-state index in [1.807, 2.05) is 23.1 Å². The predicted molar refractivity (Wildman–Crippen MR) is 130 cm³/mol. The van der Waals surface area contributed by atoms with Crippen molar-refractivity contribution in [2.24, 2.45) is 16.8 Å². The standard InChI is InChI=1S/C25H31N7O2/c1-16-11-18-12-19(18)20(26-16)14-21-25(28-29-27-21)17-3-4-23-22(13-17)32(9-10-34-23)24(33)15-31-7-5-30(2)6-8-31/h3-4,11,13,18-19H,5-10,12,14-15H2,1-2H3,(H,27,28,29). The summed E-state index contributed by atoms with van der Waals surface area (Å²) in [6.07, 6.45) is 4.15. The lowest BCUT2D eigenvalue weighted by molar-refractivity contribution is -0.120. The van der Waals surface area contributed by atoms with E-state index in [0.29, 0.717) is 38.0 Å². The van der Waals surface area contributed by atoms with Crippen molar-refractivity contribution in [2.75, 3.05) is 57.8 Å². The number of hydrogen-bond donors (Lipinski definition) is 1. The van der Waals surface area contributed by atoms with E-state index in [-0.39, 0.29) is 5.91 Å². The highest BCUT2D eigenvalue weighted by atomic mass is 16.5. The number of hydrogen-bond acceptors (Lipinski definition) is 7. The molecule has 4 aliphatic rings. The molecule has 1 aromatic heterocycles. The van der Waals surface area contributed by atoms with Gasteiger partial charge < -0.3 is 14.5 Å². The van der Waals surface area contributed by atoms with Gasteiger partial charge in [0.25, 0.3) is 0 Å². The average Bonchev–Trinajstić information content (AvgIpc) is 3.47. The van der Waals surface area contributed by atoms with E-state index in [1.54, 1.807) is 0 Å². The smallest absolute Gasteiger partial charge is 0.241 e. The van der Waals surface area contributed by atoms with E-state index in [0.717, 1.165) is 60.3 Å². The van der Waals surface area contributed by atoms with Crippen molar-refractivity contribution in [2.45, 2.75) is 19.8 Å². The number of aromatic nitrogens is 3. The van der Waals surface area contributed by atoms with Gasteiger partial charge in [0.2, 0.25) is 5.91 Å². The van der Waals surface area contributed by atoms with Gasteiger partial charge in [0, 0.05) is 55.5 Å². The molecule has 9 heteroatoms. The summed E-state index contributed by atoms with van der Waals surface area (Å²) < 4.78 is 5.88. The van der Waals surface area contributed by atoms with Gasteiger partial charge in [0.05, 0.1) is 24.5 Å². The van der Waals surface area contributed by atoms with E-state index in [2.05, 4.69) is 45.3 Å². The largest absolute Gasteiger partial charge is 0.490 e. The Balaban J connectivity index is 1.23. The number of H-pyrrole nitrogens is 1. The van der Waals surface area contributed by atoms with Gasteiger partial charge in [-0.15, -0.1) is 0 Å². The summed E-state index contributed by atoms with van der Waals surface area (Å²) in [5.74, 6) is 2.05. The molecule has 1 aromatic carbocycles. The second-order valence-corrected chi connectivity index (χ2v) is 9.87. The lowest BCUT2D eigenvalue weighted by Gasteiger charge is -2.35. The van der Waals surface area contributed by atoms with Gasteiger partial charge >= 0.3 is 0 Å². The summed E-state index contributed by atoms with van der Waals surface area (Å²) in [6, 6.07) is 5.97. The zero-order valence-electron chi connectivity index (χ0n) is 19.8. The number of ether oxygens (including phenoxy) is 1. The van der Waals surface area contributed by atoms with Gasteiger partial charge in [-0.3, -0.25) is 14.7 Å². The minimum Gasteiger partial charge on any atom is -0.490 e. The van der Waals surface area contributed by atoms with Crippen molar-refractivity contribution in [1.82, 2.24) is 25.2 Å². The number of anilines is 1. The minimum atomic E-state index is 0.116. The van der Waals surface area contributed by atoms with E-state index in [1.165, 1.54) is 12.1 Å². The Labute approximate surface area is 199 Å². The normalized spacial score (nSPS) is 24.6. The van der Waals surface area contributed by atoms with Crippen LogP contribution >= 0.6 is 0 Å². The lowest BCUT2D eigenvalue weighted by atomic mass is 10.0. The third-order valence-corrected chi connectivity index (χ3v) is 7.36. The lowest BCUT2D eigenvalue weighted by Crippen LogP contribution is -2.50. The van der Waals surface area contributed by atoms with Crippen LogP contribution in [0.4, 0.5) is 5.69 Å². The van der Waals surface area contributed by atoms with Crippen molar-refractivity contribution in [3.8, 4) is 17.0 Å². The van der Waals surface area contributed by atoms with Crippen LogP contribution in [-0.2, 0) is 11.2 Å². The van der Waals surface area contributed by atoms with Crippen LogP contribution in [0.2, 0.25) is 0 Å².